The largest absolute Gasteiger partial charge is 0.385 e. The number of nitrogens with zero attached hydrogens (tertiary/aromatic N) is 3. The summed E-state index contributed by atoms with van der Waals surface area (Å²) >= 11 is 0. The zero-order valence-electron chi connectivity index (χ0n) is 27.2. The van der Waals surface area contributed by atoms with Crippen molar-refractivity contribution in [2.24, 2.45) is 11.8 Å². The average molecular weight is 659 g/mol. The molecule has 2 fully saturated rings. The van der Waals surface area contributed by atoms with Crippen LogP contribution in [0.5, 0.6) is 0 Å². The number of H-pyrrole nitrogens is 3. The number of nitrogens with one attached hydrogen (secondary N) is 5. The number of fused-ring (bicyclic) bond motifs is 1. The molecule has 48 heavy (non-hydrogen) atoms. The highest BCUT2D eigenvalue weighted by Gasteiger charge is 2.34. The Labute approximate surface area is 279 Å². The molecule has 0 unspecified atom stereocenters. The minimum absolute atomic E-state index is 0.00966. The van der Waals surface area contributed by atoms with Crippen molar-refractivity contribution in [3.63, 3.8) is 0 Å². The van der Waals surface area contributed by atoms with Crippen LogP contribution in [0.3, 0.4) is 0 Å². The van der Waals surface area contributed by atoms with E-state index in [1.807, 2.05) is 30.5 Å². The number of rotatable bonds is 14. The van der Waals surface area contributed by atoms with E-state index in [0.29, 0.717) is 56.5 Å². The van der Waals surface area contributed by atoms with Crippen LogP contribution in [0.2, 0.25) is 0 Å². The second-order valence-corrected chi connectivity index (χ2v) is 13.1. The van der Waals surface area contributed by atoms with Crippen molar-refractivity contribution >= 4 is 28.6 Å². The summed E-state index contributed by atoms with van der Waals surface area (Å²) in [5, 5.41) is 25.3. The summed E-state index contributed by atoms with van der Waals surface area (Å²) in [7, 11) is 0. The maximum Gasteiger partial charge on any atom is 0.243 e. The number of morpholine rings is 1. The fraction of sp³-hybridized carbons (Fsp3) is 0.514. The molecule has 3 aromatic heterocycles. The number of carbonyl (C=O) groups is 3. The Morgan fingerprint density at radius 1 is 1.00 bits per heavy atom. The Hall–Kier alpha value is -4.49. The van der Waals surface area contributed by atoms with Crippen LogP contribution in [0.4, 0.5) is 0 Å². The molecule has 6 N–H and O–H groups in total. The first kappa shape index (κ1) is 33.4. The Morgan fingerprint density at radius 2 is 1.81 bits per heavy atom. The molecule has 1 saturated carbocycles. The molecule has 1 saturated heterocycles. The molecule has 1 aromatic carbocycles. The first-order chi connectivity index (χ1) is 23.4. The highest BCUT2D eigenvalue weighted by atomic mass is 16.5. The third-order valence-corrected chi connectivity index (χ3v) is 9.74. The van der Waals surface area contributed by atoms with Crippen molar-refractivity contribution in [2.45, 2.75) is 76.0 Å². The summed E-state index contributed by atoms with van der Waals surface area (Å²) in [6.07, 6.45) is 12.3. The molecule has 0 radical (unpaired) electrons. The summed E-state index contributed by atoms with van der Waals surface area (Å²) in [4.78, 5) is 54.0. The van der Waals surface area contributed by atoms with E-state index in [2.05, 4.69) is 35.8 Å². The van der Waals surface area contributed by atoms with Gasteiger partial charge in [-0.2, -0.15) is 5.10 Å². The van der Waals surface area contributed by atoms with Crippen LogP contribution in [0.25, 0.3) is 10.9 Å². The molecule has 1 aliphatic carbocycles. The molecule has 2 aliphatic rings. The van der Waals surface area contributed by atoms with E-state index in [0.717, 1.165) is 42.1 Å². The number of aliphatic hydroxyl groups is 1. The SMILES string of the molecule is O=C(N[C@@H](Cc1c[nH]cn1)C(=O)N[C@H](CC1CCCCC1)[C@H](O)c1cc[nH]n1)[C@@H](CC(=O)N1CCOCC1)Cc1c[nH]c2ccccc12. The standard InChI is InChI=1S/C35H46N8O5/c44-32(43-12-14-48-15-13-43)18-24(17-25-20-37-28-9-5-4-8-27(25)28)34(46)41-31(19-26-21-36-22-38-26)35(47)40-30(16-23-6-2-1-3-7-23)33(45)29-10-11-39-42-29/h4-5,8-11,20-24,30-31,33,37,45H,1-3,6-7,12-19H2,(H,36,38)(H,39,42)(H,40,47)(H,41,46)/t24-,30-,31+,33-/m1/s1. The predicted molar refractivity (Wildman–Crippen MR) is 178 cm³/mol. The Balaban J connectivity index is 1.23. The first-order valence-electron chi connectivity index (χ1n) is 17.1. The normalized spacial score (nSPS) is 18.2. The maximum atomic E-state index is 14.2. The molecule has 0 spiro atoms. The van der Waals surface area contributed by atoms with Crippen LogP contribution in [0.1, 0.15) is 68.0 Å². The van der Waals surface area contributed by atoms with Gasteiger partial charge in [-0.25, -0.2) is 4.98 Å². The molecule has 13 nitrogen and oxygen atoms in total. The van der Waals surface area contributed by atoms with Crippen LogP contribution in [-0.4, -0.2) is 91.3 Å². The highest BCUT2D eigenvalue weighted by Crippen LogP contribution is 2.31. The van der Waals surface area contributed by atoms with Crippen LogP contribution in [-0.2, 0) is 32.0 Å². The van der Waals surface area contributed by atoms with Crippen molar-refractivity contribution < 1.29 is 24.2 Å². The molecular weight excluding hydrogens is 612 g/mol. The number of imidazole rings is 1. The summed E-state index contributed by atoms with van der Waals surface area (Å²) < 4.78 is 5.43. The van der Waals surface area contributed by atoms with Gasteiger partial charge in [-0.1, -0.05) is 50.3 Å². The lowest BCUT2D eigenvalue weighted by atomic mass is 9.83. The lowest BCUT2D eigenvalue weighted by Gasteiger charge is -2.31. The van der Waals surface area contributed by atoms with Gasteiger partial charge in [-0.15, -0.1) is 0 Å². The number of aliphatic hydroxyl groups excluding tert-OH is 1. The van der Waals surface area contributed by atoms with Gasteiger partial charge in [-0.3, -0.25) is 19.5 Å². The van der Waals surface area contributed by atoms with Crippen LogP contribution < -0.4 is 10.6 Å². The van der Waals surface area contributed by atoms with Crippen molar-refractivity contribution in [3.05, 3.63) is 72.2 Å². The van der Waals surface area contributed by atoms with Crippen LogP contribution in [0, 0.1) is 11.8 Å². The van der Waals surface area contributed by atoms with E-state index in [9.17, 15) is 19.5 Å². The van der Waals surface area contributed by atoms with E-state index in [4.69, 9.17) is 4.74 Å². The van der Waals surface area contributed by atoms with Gasteiger partial charge in [0.25, 0.3) is 0 Å². The topological polar surface area (TPSA) is 181 Å². The molecule has 6 rings (SSSR count). The fourth-order valence-corrected chi connectivity index (χ4v) is 7.06. The Morgan fingerprint density at radius 3 is 2.56 bits per heavy atom. The molecule has 256 valence electrons. The number of aromatic amines is 3. The van der Waals surface area contributed by atoms with Gasteiger partial charge >= 0.3 is 0 Å². The number of hydrogen-bond donors (Lipinski definition) is 6. The predicted octanol–water partition coefficient (Wildman–Crippen LogP) is 2.94. The van der Waals surface area contributed by atoms with E-state index >= 15 is 0 Å². The first-order valence-corrected chi connectivity index (χ1v) is 17.1. The zero-order valence-corrected chi connectivity index (χ0v) is 27.2. The number of ether oxygens (including phenoxy) is 1. The summed E-state index contributed by atoms with van der Waals surface area (Å²) in [6.45, 7) is 1.88. The monoisotopic (exact) mass is 658 g/mol. The Kier molecular flexibility index (Phi) is 11.2. The van der Waals surface area contributed by atoms with Gasteiger partial charge in [0, 0.05) is 55.4 Å². The lowest BCUT2D eigenvalue weighted by molar-refractivity contribution is -0.140. The number of hydrogen-bond acceptors (Lipinski definition) is 7. The molecule has 3 amide bonds. The van der Waals surface area contributed by atoms with Gasteiger partial charge in [0.2, 0.25) is 17.7 Å². The van der Waals surface area contributed by atoms with Gasteiger partial charge in [0.15, 0.2) is 0 Å². The molecule has 13 heteroatoms. The Bertz CT molecular complexity index is 1610. The third kappa shape index (κ3) is 8.50. The van der Waals surface area contributed by atoms with Gasteiger partial charge < -0.3 is 35.3 Å². The molecular formula is C35H46N8O5. The fourth-order valence-electron chi connectivity index (χ4n) is 7.06. The van der Waals surface area contributed by atoms with Crippen molar-refractivity contribution in [2.75, 3.05) is 26.3 Å². The smallest absolute Gasteiger partial charge is 0.243 e. The average Bonchev–Trinajstić information content (AvgIpc) is 3.91. The lowest BCUT2D eigenvalue weighted by Crippen LogP contribution is -2.54. The number of benzene rings is 1. The zero-order chi connectivity index (χ0) is 33.3. The summed E-state index contributed by atoms with van der Waals surface area (Å²) in [6, 6.07) is 7.95. The number of amides is 3. The van der Waals surface area contributed by atoms with Crippen molar-refractivity contribution in [1.82, 2.24) is 40.7 Å². The van der Waals surface area contributed by atoms with Crippen molar-refractivity contribution in [1.29, 1.82) is 0 Å². The minimum Gasteiger partial charge on any atom is -0.385 e. The quantitative estimate of drug-likeness (QED) is 0.120. The van der Waals surface area contributed by atoms with E-state index in [1.54, 1.807) is 23.4 Å². The van der Waals surface area contributed by atoms with E-state index < -0.39 is 35.9 Å². The summed E-state index contributed by atoms with van der Waals surface area (Å²) in [5.41, 5.74) is 2.92. The van der Waals surface area contributed by atoms with Gasteiger partial charge in [0.1, 0.15) is 12.1 Å². The second kappa shape index (κ2) is 16.1. The number of aromatic nitrogens is 5. The summed E-state index contributed by atoms with van der Waals surface area (Å²) in [5.74, 6) is -1.31. The van der Waals surface area contributed by atoms with Gasteiger partial charge in [0.05, 0.1) is 42.9 Å². The number of para-hydroxylation sites is 1. The molecule has 4 aromatic rings. The van der Waals surface area contributed by atoms with E-state index in [-0.39, 0.29) is 18.7 Å². The minimum atomic E-state index is -1.02. The molecule has 4 atom stereocenters. The van der Waals surface area contributed by atoms with Gasteiger partial charge in [-0.05, 0) is 36.5 Å². The third-order valence-electron chi connectivity index (χ3n) is 9.74. The van der Waals surface area contributed by atoms with Crippen LogP contribution >= 0.6 is 0 Å². The number of carbonyl (C=O) groups excluding carboxylic acids is 3. The maximum absolute atomic E-state index is 14.2. The van der Waals surface area contributed by atoms with Crippen molar-refractivity contribution in [3.8, 4) is 0 Å². The molecule has 4 heterocycles. The van der Waals surface area contributed by atoms with Crippen LogP contribution in [0.15, 0.2) is 55.2 Å². The van der Waals surface area contributed by atoms with E-state index in [1.165, 1.54) is 12.7 Å². The molecule has 0 bridgehead atoms. The second-order valence-electron chi connectivity index (χ2n) is 13.1. The highest BCUT2D eigenvalue weighted by molar-refractivity contribution is 5.92. The molecule has 1 aliphatic heterocycles.